The molecule has 1 N–H and O–H groups in total. The molecule has 0 radical (unpaired) electrons. The lowest BCUT2D eigenvalue weighted by Crippen LogP contribution is -2.30. The second-order valence-corrected chi connectivity index (χ2v) is 6.09. The number of ether oxygens (including phenoxy) is 1. The van der Waals surface area contributed by atoms with Gasteiger partial charge in [0.1, 0.15) is 11.1 Å². The highest BCUT2D eigenvalue weighted by Gasteiger charge is 2.34. The summed E-state index contributed by atoms with van der Waals surface area (Å²) >= 11 is 1.58. The SMILES string of the molecule is COc1cc(CCN2C(=O)CSC2c2ccco2)ccc1O. The standard InChI is InChI=1S/C16H17NO4S/c1-20-14-9-11(4-5-12(14)18)6-7-17-15(19)10-22-16(17)13-3-2-8-21-13/h2-5,8-9,16,18H,6-7,10H2,1H3. The summed E-state index contributed by atoms with van der Waals surface area (Å²) in [6, 6.07) is 8.98. The van der Waals surface area contributed by atoms with Crippen molar-refractivity contribution < 1.29 is 19.1 Å². The minimum Gasteiger partial charge on any atom is -0.504 e. The number of carbonyl (C=O) groups excluding carboxylic acids is 1. The number of phenolic OH excluding ortho intramolecular Hbond substituents is 1. The molecule has 1 aliphatic heterocycles. The second-order valence-electron chi connectivity index (χ2n) is 5.02. The van der Waals surface area contributed by atoms with E-state index in [1.807, 2.05) is 23.1 Å². The zero-order valence-electron chi connectivity index (χ0n) is 12.2. The minimum absolute atomic E-state index is 0.0542. The maximum Gasteiger partial charge on any atom is 0.233 e. The first-order valence-corrected chi connectivity index (χ1v) is 8.04. The molecule has 1 aromatic carbocycles. The van der Waals surface area contributed by atoms with Gasteiger partial charge in [-0.3, -0.25) is 4.79 Å². The van der Waals surface area contributed by atoms with Crippen LogP contribution in [0.2, 0.25) is 0 Å². The van der Waals surface area contributed by atoms with Crippen LogP contribution >= 0.6 is 11.8 Å². The number of methoxy groups -OCH3 is 1. The first-order valence-electron chi connectivity index (χ1n) is 6.99. The van der Waals surface area contributed by atoms with Gasteiger partial charge < -0.3 is 19.2 Å². The van der Waals surface area contributed by atoms with Gasteiger partial charge in [0, 0.05) is 6.54 Å². The molecule has 1 unspecified atom stereocenters. The average molecular weight is 319 g/mol. The van der Waals surface area contributed by atoms with Crippen molar-refractivity contribution in [1.82, 2.24) is 4.90 Å². The van der Waals surface area contributed by atoms with Crippen LogP contribution in [0.15, 0.2) is 41.0 Å². The number of furan rings is 1. The van der Waals surface area contributed by atoms with Gasteiger partial charge in [-0.05, 0) is 36.2 Å². The number of aromatic hydroxyl groups is 1. The normalized spacial score (nSPS) is 18.0. The Balaban J connectivity index is 1.70. The molecule has 1 fully saturated rings. The fourth-order valence-corrected chi connectivity index (χ4v) is 3.66. The van der Waals surface area contributed by atoms with Gasteiger partial charge in [0.05, 0.1) is 19.1 Å². The third kappa shape index (κ3) is 2.92. The number of nitrogens with zero attached hydrogens (tertiary/aromatic N) is 1. The van der Waals surface area contributed by atoms with Crippen molar-refractivity contribution in [2.24, 2.45) is 0 Å². The molecule has 1 amide bonds. The van der Waals surface area contributed by atoms with E-state index in [-0.39, 0.29) is 17.0 Å². The van der Waals surface area contributed by atoms with Crippen LogP contribution in [0.5, 0.6) is 11.5 Å². The molecule has 1 atom stereocenters. The van der Waals surface area contributed by atoms with Gasteiger partial charge in [0.2, 0.25) is 5.91 Å². The van der Waals surface area contributed by atoms with Crippen molar-refractivity contribution in [2.45, 2.75) is 11.8 Å². The third-order valence-corrected chi connectivity index (χ3v) is 4.86. The summed E-state index contributed by atoms with van der Waals surface area (Å²) in [5.74, 6) is 1.97. The highest BCUT2D eigenvalue weighted by molar-refractivity contribution is 8.00. The molecule has 1 saturated heterocycles. The smallest absolute Gasteiger partial charge is 0.233 e. The molecule has 2 heterocycles. The van der Waals surface area contributed by atoms with Gasteiger partial charge in [-0.1, -0.05) is 6.07 Å². The van der Waals surface area contributed by atoms with Gasteiger partial charge in [0.25, 0.3) is 0 Å². The summed E-state index contributed by atoms with van der Waals surface area (Å²) in [7, 11) is 1.52. The number of phenols is 1. The predicted octanol–water partition coefficient (Wildman–Crippen LogP) is 2.81. The highest BCUT2D eigenvalue weighted by Crippen LogP contribution is 2.38. The maximum absolute atomic E-state index is 12.1. The number of hydrogen-bond acceptors (Lipinski definition) is 5. The second kappa shape index (κ2) is 6.36. The summed E-state index contributed by atoms with van der Waals surface area (Å²) < 4.78 is 10.5. The van der Waals surface area contributed by atoms with Crippen molar-refractivity contribution in [3.63, 3.8) is 0 Å². The molecule has 6 heteroatoms. The zero-order chi connectivity index (χ0) is 15.5. The van der Waals surface area contributed by atoms with E-state index < -0.39 is 0 Å². The lowest BCUT2D eigenvalue weighted by Gasteiger charge is -2.22. The Bertz CT molecular complexity index is 656. The van der Waals surface area contributed by atoms with Crippen molar-refractivity contribution in [3.8, 4) is 11.5 Å². The summed E-state index contributed by atoms with van der Waals surface area (Å²) in [4.78, 5) is 13.9. The highest BCUT2D eigenvalue weighted by atomic mass is 32.2. The molecule has 1 aliphatic rings. The Hall–Kier alpha value is -2.08. The molecular formula is C16H17NO4S. The van der Waals surface area contributed by atoms with Crippen molar-refractivity contribution in [3.05, 3.63) is 47.9 Å². The molecule has 5 nitrogen and oxygen atoms in total. The van der Waals surface area contributed by atoms with E-state index in [1.54, 1.807) is 30.2 Å². The van der Waals surface area contributed by atoms with Crippen LogP contribution in [-0.2, 0) is 11.2 Å². The van der Waals surface area contributed by atoms with Gasteiger partial charge in [-0.15, -0.1) is 11.8 Å². The number of hydrogen-bond donors (Lipinski definition) is 1. The van der Waals surface area contributed by atoms with E-state index in [9.17, 15) is 9.90 Å². The van der Waals surface area contributed by atoms with Crippen LogP contribution in [-0.4, -0.2) is 35.3 Å². The van der Waals surface area contributed by atoms with Gasteiger partial charge in [0.15, 0.2) is 11.5 Å². The molecule has 1 aromatic heterocycles. The summed E-state index contributed by atoms with van der Waals surface area (Å²) in [5.41, 5.74) is 1.01. The fourth-order valence-electron chi connectivity index (χ4n) is 2.49. The number of rotatable bonds is 5. The monoisotopic (exact) mass is 319 g/mol. The van der Waals surface area contributed by atoms with Crippen molar-refractivity contribution >= 4 is 17.7 Å². The largest absolute Gasteiger partial charge is 0.504 e. The summed E-state index contributed by atoms with van der Waals surface area (Å²) in [6.45, 7) is 0.602. The lowest BCUT2D eigenvalue weighted by atomic mass is 10.1. The van der Waals surface area contributed by atoms with Crippen LogP contribution in [0.4, 0.5) is 0 Å². The number of benzene rings is 1. The minimum atomic E-state index is -0.0542. The Kier molecular flexibility index (Phi) is 4.29. The van der Waals surface area contributed by atoms with Crippen LogP contribution in [0.25, 0.3) is 0 Å². The molecule has 3 rings (SSSR count). The van der Waals surface area contributed by atoms with Crippen molar-refractivity contribution in [2.75, 3.05) is 19.4 Å². The lowest BCUT2D eigenvalue weighted by molar-refractivity contribution is -0.128. The van der Waals surface area contributed by atoms with E-state index in [1.165, 1.54) is 7.11 Å². The molecule has 0 aliphatic carbocycles. The molecule has 0 bridgehead atoms. The summed E-state index contributed by atoms with van der Waals surface area (Å²) in [6.07, 6.45) is 2.32. The van der Waals surface area contributed by atoms with Gasteiger partial charge in [-0.2, -0.15) is 0 Å². The Morgan fingerprint density at radius 1 is 1.45 bits per heavy atom. The van der Waals surface area contributed by atoms with E-state index >= 15 is 0 Å². The van der Waals surface area contributed by atoms with E-state index in [4.69, 9.17) is 9.15 Å². The molecule has 2 aromatic rings. The van der Waals surface area contributed by atoms with Crippen molar-refractivity contribution in [1.29, 1.82) is 0 Å². The molecule has 0 saturated carbocycles. The van der Waals surface area contributed by atoms with Gasteiger partial charge >= 0.3 is 0 Å². The number of carbonyl (C=O) groups is 1. The van der Waals surface area contributed by atoms with E-state index in [2.05, 4.69) is 0 Å². The van der Waals surface area contributed by atoms with Crippen LogP contribution in [0.1, 0.15) is 16.7 Å². The molecule has 0 spiro atoms. The first kappa shape index (κ1) is 14.8. The quantitative estimate of drug-likeness (QED) is 0.918. The summed E-state index contributed by atoms with van der Waals surface area (Å²) in [5, 5.41) is 9.56. The molecule has 116 valence electrons. The Morgan fingerprint density at radius 2 is 2.32 bits per heavy atom. The Labute approximate surface area is 132 Å². The molecular weight excluding hydrogens is 302 g/mol. The van der Waals surface area contributed by atoms with E-state index in [0.29, 0.717) is 24.5 Å². The first-order chi connectivity index (χ1) is 10.7. The number of amides is 1. The maximum atomic E-state index is 12.1. The zero-order valence-corrected chi connectivity index (χ0v) is 13.0. The van der Waals surface area contributed by atoms with Crippen LogP contribution in [0.3, 0.4) is 0 Å². The molecule has 22 heavy (non-hydrogen) atoms. The third-order valence-electron chi connectivity index (χ3n) is 3.64. The topological polar surface area (TPSA) is 62.9 Å². The van der Waals surface area contributed by atoms with E-state index in [0.717, 1.165) is 11.3 Å². The van der Waals surface area contributed by atoms with Gasteiger partial charge in [-0.25, -0.2) is 0 Å². The van der Waals surface area contributed by atoms with Crippen LogP contribution < -0.4 is 4.74 Å². The number of thioether (sulfide) groups is 1. The average Bonchev–Trinajstić information content (AvgIpc) is 3.16. The predicted molar refractivity (Wildman–Crippen MR) is 84.0 cm³/mol. The fraction of sp³-hybridized carbons (Fsp3) is 0.312. The Morgan fingerprint density at radius 3 is 3.05 bits per heavy atom. The van der Waals surface area contributed by atoms with Crippen LogP contribution in [0, 0.1) is 0 Å².